The zero-order valence-electron chi connectivity index (χ0n) is 13.2. The van der Waals surface area contributed by atoms with Crippen molar-refractivity contribution >= 4 is 17.7 Å². The number of hydrogen-bond donors (Lipinski definition) is 1. The van der Waals surface area contributed by atoms with Crippen molar-refractivity contribution in [2.45, 2.75) is 44.9 Å². The highest BCUT2D eigenvalue weighted by atomic mass is 32.2. The molecule has 5 nitrogen and oxygen atoms in total. The second-order valence-corrected chi connectivity index (χ2v) is 6.02. The number of nitrogens with one attached hydrogen (secondary N) is 1. The van der Waals surface area contributed by atoms with E-state index in [1.54, 1.807) is 0 Å². The van der Waals surface area contributed by atoms with Gasteiger partial charge in [0.1, 0.15) is 0 Å². The van der Waals surface area contributed by atoms with E-state index in [4.69, 9.17) is 0 Å². The van der Waals surface area contributed by atoms with E-state index >= 15 is 0 Å². The molecule has 0 aliphatic heterocycles. The lowest BCUT2D eigenvalue weighted by atomic mass is 10.2. The molecule has 1 aromatic heterocycles. The zero-order chi connectivity index (χ0) is 15.9. The zero-order valence-corrected chi connectivity index (χ0v) is 14.1. The minimum absolute atomic E-state index is 0.0336. The van der Waals surface area contributed by atoms with Gasteiger partial charge in [0, 0.05) is 18.2 Å². The summed E-state index contributed by atoms with van der Waals surface area (Å²) in [7, 11) is 0. The third-order valence-electron chi connectivity index (χ3n) is 3.42. The Labute approximate surface area is 135 Å². The second kappa shape index (κ2) is 7.98. The van der Waals surface area contributed by atoms with E-state index in [0.29, 0.717) is 5.75 Å². The van der Waals surface area contributed by atoms with Gasteiger partial charge in [-0.3, -0.25) is 4.79 Å². The van der Waals surface area contributed by atoms with E-state index in [2.05, 4.69) is 29.4 Å². The van der Waals surface area contributed by atoms with Crippen LogP contribution in [0.4, 0.5) is 0 Å². The third kappa shape index (κ3) is 4.10. The lowest BCUT2D eigenvalue weighted by Crippen LogP contribution is -2.33. The van der Waals surface area contributed by atoms with Crippen LogP contribution in [-0.2, 0) is 11.3 Å². The van der Waals surface area contributed by atoms with Crippen LogP contribution < -0.4 is 5.32 Å². The van der Waals surface area contributed by atoms with E-state index in [1.807, 2.05) is 41.8 Å². The third-order valence-corrected chi connectivity index (χ3v) is 4.38. The number of nitrogens with zero attached hydrogens (tertiary/aromatic N) is 3. The standard InChI is InChI=1S/C16H22N4OS/c1-4-12(3)17-14(21)11-22-16-19-18-15(20(16)5-2)13-9-7-6-8-10-13/h6-10,12H,4-5,11H2,1-3H3,(H,17,21). The molecule has 0 saturated carbocycles. The first-order chi connectivity index (χ1) is 10.7. The van der Waals surface area contributed by atoms with Crippen molar-refractivity contribution in [2.75, 3.05) is 5.75 Å². The molecule has 6 heteroatoms. The summed E-state index contributed by atoms with van der Waals surface area (Å²) in [6.45, 7) is 6.88. The van der Waals surface area contributed by atoms with Crippen LogP contribution in [0, 0.1) is 0 Å². The van der Waals surface area contributed by atoms with Gasteiger partial charge in [-0.1, -0.05) is 49.0 Å². The average molecular weight is 318 g/mol. The molecule has 1 atom stereocenters. The number of amides is 1. The summed E-state index contributed by atoms with van der Waals surface area (Å²) >= 11 is 1.43. The molecule has 0 aliphatic rings. The van der Waals surface area contributed by atoms with Gasteiger partial charge in [-0.15, -0.1) is 10.2 Å². The van der Waals surface area contributed by atoms with Crippen LogP contribution in [0.15, 0.2) is 35.5 Å². The van der Waals surface area contributed by atoms with Gasteiger partial charge >= 0.3 is 0 Å². The molecule has 2 rings (SSSR count). The van der Waals surface area contributed by atoms with Gasteiger partial charge in [0.25, 0.3) is 0 Å². The summed E-state index contributed by atoms with van der Waals surface area (Å²) < 4.78 is 2.04. The van der Waals surface area contributed by atoms with Gasteiger partial charge in [-0.2, -0.15) is 0 Å². The maximum Gasteiger partial charge on any atom is 0.230 e. The molecule has 1 N–H and O–H groups in total. The molecule has 1 amide bonds. The number of benzene rings is 1. The first-order valence-electron chi connectivity index (χ1n) is 7.56. The molecular weight excluding hydrogens is 296 g/mol. The summed E-state index contributed by atoms with van der Waals surface area (Å²) in [5.74, 6) is 1.23. The van der Waals surface area contributed by atoms with Crippen molar-refractivity contribution in [1.82, 2.24) is 20.1 Å². The van der Waals surface area contributed by atoms with Crippen molar-refractivity contribution in [1.29, 1.82) is 0 Å². The lowest BCUT2D eigenvalue weighted by Gasteiger charge is -2.11. The number of carbonyl (C=O) groups excluding carboxylic acids is 1. The van der Waals surface area contributed by atoms with Gasteiger partial charge in [-0.05, 0) is 20.3 Å². The molecular formula is C16H22N4OS. The fraction of sp³-hybridized carbons (Fsp3) is 0.438. The molecule has 0 spiro atoms. The normalized spacial score (nSPS) is 12.1. The molecule has 0 bridgehead atoms. The van der Waals surface area contributed by atoms with E-state index < -0.39 is 0 Å². The van der Waals surface area contributed by atoms with Gasteiger partial charge < -0.3 is 9.88 Å². The minimum Gasteiger partial charge on any atom is -0.353 e. The van der Waals surface area contributed by atoms with Crippen LogP contribution in [0.2, 0.25) is 0 Å². The Balaban J connectivity index is 2.07. The fourth-order valence-electron chi connectivity index (χ4n) is 2.03. The number of thioether (sulfide) groups is 1. The molecule has 0 aliphatic carbocycles. The van der Waals surface area contributed by atoms with Crippen LogP contribution in [0.3, 0.4) is 0 Å². The maximum atomic E-state index is 11.9. The summed E-state index contributed by atoms with van der Waals surface area (Å²) in [6, 6.07) is 10.2. The number of aromatic nitrogens is 3. The Morgan fingerprint density at radius 2 is 2.00 bits per heavy atom. The quantitative estimate of drug-likeness (QED) is 0.797. The molecule has 118 valence electrons. The smallest absolute Gasteiger partial charge is 0.230 e. The predicted octanol–water partition coefficient (Wildman–Crippen LogP) is 2.97. The number of hydrogen-bond acceptors (Lipinski definition) is 4. The van der Waals surface area contributed by atoms with Crippen molar-refractivity contribution < 1.29 is 4.79 Å². The Morgan fingerprint density at radius 3 is 2.64 bits per heavy atom. The minimum atomic E-state index is 0.0336. The van der Waals surface area contributed by atoms with Crippen LogP contribution in [-0.4, -0.2) is 32.5 Å². The molecule has 22 heavy (non-hydrogen) atoms. The highest BCUT2D eigenvalue weighted by Crippen LogP contribution is 2.23. The van der Waals surface area contributed by atoms with Gasteiger partial charge in [0.05, 0.1) is 5.75 Å². The molecule has 1 aromatic carbocycles. The summed E-state index contributed by atoms with van der Waals surface area (Å²) in [5, 5.41) is 12.2. The lowest BCUT2D eigenvalue weighted by molar-refractivity contribution is -0.119. The van der Waals surface area contributed by atoms with Gasteiger partial charge in [0.15, 0.2) is 11.0 Å². The van der Waals surface area contributed by atoms with Gasteiger partial charge in [-0.25, -0.2) is 0 Å². The van der Waals surface area contributed by atoms with E-state index in [-0.39, 0.29) is 11.9 Å². The van der Waals surface area contributed by atoms with Crippen LogP contribution >= 0.6 is 11.8 Å². The Kier molecular flexibility index (Phi) is 6.00. The van der Waals surface area contributed by atoms with E-state index in [1.165, 1.54) is 11.8 Å². The maximum absolute atomic E-state index is 11.9. The van der Waals surface area contributed by atoms with Crippen LogP contribution in [0.1, 0.15) is 27.2 Å². The molecule has 0 fully saturated rings. The van der Waals surface area contributed by atoms with Crippen molar-refractivity contribution in [3.8, 4) is 11.4 Å². The summed E-state index contributed by atoms with van der Waals surface area (Å²) in [5.41, 5.74) is 1.03. The fourth-order valence-corrected chi connectivity index (χ4v) is 2.84. The topological polar surface area (TPSA) is 59.8 Å². The molecule has 0 radical (unpaired) electrons. The second-order valence-electron chi connectivity index (χ2n) is 5.08. The van der Waals surface area contributed by atoms with Crippen LogP contribution in [0.25, 0.3) is 11.4 Å². The number of carbonyl (C=O) groups is 1. The Hall–Kier alpha value is -1.82. The van der Waals surface area contributed by atoms with Gasteiger partial charge in [0.2, 0.25) is 5.91 Å². The SMILES string of the molecule is CCC(C)NC(=O)CSc1nnc(-c2ccccc2)n1CC. The van der Waals surface area contributed by atoms with E-state index in [9.17, 15) is 4.79 Å². The molecule has 1 heterocycles. The largest absolute Gasteiger partial charge is 0.353 e. The van der Waals surface area contributed by atoms with Crippen molar-refractivity contribution in [3.63, 3.8) is 0 Å². The Morgan fingerprint density at radius 1 is 1.27 bits per heavy atom. The summed E-state index contributed by atoms with van der Waals surface area (Å²) in [4.78, 5) is 11.9. The molecule has 2 aromatic rings. The van der Waals surface area contributed by atoms with Crippen LogP contribution in [0.5, 0.6) is 0 Å². The summed E-state index contributed by atoms with van der Waals surface area (Å²) in [6.07, 6.45) is 0.930. The number of rotatable bonds is 7. The molecule has 0 saturated heterocycles. The highest BCUT2D eigenvalue weighted by molar-refractivity contribution is 7.99. The first-order valence-corrected chi connectivity index (χ1v) is 8.55. The first kappa shape index (κ1) is 16.5. The molecule has 1 unspecified atom stereocenters. The van der Waals surface area contributed by atoms with Crippen molar-refractivity contribution in [3.05, 3.63) is 30.3 Å². The average Bonchev–Trinajstić information content (AvgIpc) is 2.96. The Bertz CT molecular complexity index is 612. The highest BCUT2D eigenvalue weighted by Gasteiger charge is 2.14. The van der Waals surface area contributed by atoms with Crippen molar-refractivity contribution in [2.24, 2.45) is 0 Å². The predicted molar refractivity (Wildman–Crippen MR) is 89.8 cm³/mol. The monoisotopic (exact) mass is 318 g/mol. The van der Waals surface area contributed by atoms with E-state index in [0.717, 1.165) is 29.5 Å².